The molecule has 0 bridgehead atoms. The van der Waals surface area contributed by atoms with E-state index in [1.54, 1.807) is 0 Å². The van der Waals surface area contributed by atoms with Crippen molar-refractivity contribution in [2.24, 2.45) is 4.99 Å². The fourth-order valence-corrected chi connectivity index (χ4v) is 2.90. The summed E-state index contributed by atoms with van der Waals surface area (Å²) in [7, 11) is 0. The second-order valence-electron chi connectivity index (χ2n) is 5.54. The van der Waals surface area contributed by atoms with Gasteiger partial charge in [0, 0.05) is 32.3 Å². The number of nitrogens with zero attached hydrogens (tertiary/aromatic N) is 4. The Morgan fingerprint density at radius 3 is 2.88 bits per heavy atom. The van der Waals surface area contributed by atoms with Gasteiger partial charge < -0.3 is 10.6 Å². The van der Waals surface area contributed by atoms with E-state index in [9.17, 15) is 0 Å². The van der Waals surface area contributed by atoms with E-state index in [0.29, 0.717) is 0 Å². The first-order valence-electron chi connectivity index (χ1n) is 8.65. The molecule has 0 aliphatic heterocycles. The van der Waals surface area contributed by atoms with Crippen molar-refractivity contribution in [1.82, 2.24) is 25.2 Å². The highest BCUT2D eigenvalue weighted by molar-refractivity contribution is 14.0. The molecule has 0 atom stereocenters. The molecule has 8 heteroatoms. The maximum Gasteiger partial charge on any atom is 0.191 e. The van der Waals surface area contributed by atoms with Crippen molar-refractivity contribution < 1.29 is 0 Å². The molecular weight excluding hydrogens is 447 g/mol. The Kier molecular flexibility index (Phi) is 11.6. The summed E-state index contributed by atoms with van der Waals surface area (Å²) in [5.74, 6) is 3.13. The van der Waals surface area contributed by atoms with Crippen LogP contribution in [0, 0.1) is 0 Å². The van der Waals surface area contributed by atoms with Crippen LogP contribution in [-0.2, 0) is 6.42 Å². The Labute approximate surface area is 171 Å². The molecule has 0 aliphatic carbocycles. The number of halogens is 1. The van der Waals surface area contributed by atoms with Crippen LogP contribution in [0.3, 0.4) is 0 Å². The third-order valence-corrected chi connectivity index (χ3v) is 4.32. The lowest BCUT2D eigenvalue weighted by atomic mass is 10.3. The summed E-state index contributed by atoms with van der Waals surface area (Å²) in [5, 5.41) is 15.1. The number of guanidine groups is 1. The number of pyridine rings is 1. The molecule has 6 nitrogen and oxygen atoms in total. The molecule has 2 heterocycles. The summed E-state index contributed by atoms with van der Waals surface area (Å²) in [5.41, 5.74) is 0.899. The number of nitrogens with one attached hydrogen (secondary N) is 2. The van der Waals surface area contributed by atoms with Crippen LogP contribution in [0.4, 0.5) is 0 Å². The molecule has 0 amide bonds. The Bertz CT molecular complexity index is 630. The van der Waals surface area contributed by atoms with Gasteiger partial charge in [-0.05, 0) is 50.3 Å². The molecule has 0 spiro atoms. The fourth-order valence-electron chi connectivity index (χ4n) is 2.41. The number of aryl methyl sites for hydroxylation is 1. The summed E-state index contributed by atoms with van der Waals surface area (Å²) in [4.78, 5) is 4.64. The number of thioether (sulfide) groups is 1. The van der Waals surface area contributed by atoms with Gasteiger partial charge in [0.05, 0.1) is 0 Å². The van der Waals surface area contributed by atoms with E-state index < -0.39 is 0 Å². The summed E-state index contributed by atoms with van der Waals surface area (Å²) in [6, 6.07) is 5.95. The smallest absolute Gasteiger partial charge is 0.191 e. The second-order valence-corrected chi connectivity index (χ2v) is 6.52. The fraction of sp³-hybridized carbons (Fsp3) is 0.588. The minimum atomic E-state index is 0. The molecule has 25 heavy (non-hydrogen) atoms. The van der Waals surface area contributed by atoms with E-state index in [1.165, 1.54) is 18.6 Å². The maximum absolute atomic E-state index is 4.64. The van der Waals surface area contributed by atoms with Crippen molar-refractivity contribution >= 4 is 47.3 Å². The highest BCUT2D eigenvalue weighted by Gasteiger charge is 2.04. The van der Waals surface area contributed by atoms with Crippen molar-refractivity contribution in [1.29, 1.82) is 0 Å². The van der Waals surface area contributed by atoms with Gasteiger partial charge in [0.1, 0.15) is 5.82 Å². The van der Waals surface area contributed by atoms with Gasteiger partial charge in [-0.2, -0.15) is 11.8 Å². The zero-order chi connectivity index (χ0) is 17.0. The molecule has 0 aromatic carbocycles. The number of hydrogen-bond acceptors (Lipinski definition) is 4. The van der Waals surface area contributed by atoms with Crippen LogP contribution < -0.4 is 10.6 Å². The number of aromatic nitrogens is 3. The SMILES string of the molecule is CCNC(=NCCCc1nnc2ccccn12)NCCCCSC.I. The second kappa shape index (κ2) is 13.2. The zero-order valence-electron chi connectivity index (χ0n) is 15.1. The molecular formula is C17H29IN6S. The maximum atomic E-state index is 4.64. The molecule has 0 radical (unpaired) electrons. The largest absolute Gasteiger partial charge is 0.357 e. The average molecular weight is 476 g/mol. The van der Waals surface area contributed by atoms with E-state index in [-0.39, 0.29) is 24.0 Å². The number of rotatable bonds is 10. The molecule has 2 aromatic heterocycles. The minimum Gasteiger partial charge on any atom is -0.357 e. The van der Waals surface area contributed by atoms with Crippen LogP contribution in [-0.4, -0.2) is 52.2 Å². The predicted molar refractivity (Wildman–Crippen MR) is 118 cm³/mol. The first kappa shape index (κ1) is 22.0. The highest BCUT2D eigenvalue weighted by Crippen LogP contribution is 2.05. The number of aliphatic imine (C=N–C) groups is 1. The average Bonchev–Trinajstić information content (AvgIpc) is 3.01. The standard InChI is InChI=1S/C17H28N6S.HI/c1-3-18-17(19-11-5-7-14-24-2)20-12-8-10-16-22-21-15-9-4-6-13-23(15)16;/h4,6,9,13H,3,5,7-8,10-12,14H2,1-2H3,(H2,18,19,20);1H. The molecule has 0 fully saturated rings. The lowest BCUT2D eigenvalue weighted by molar-refractivity contribution is 0.723. The first-order valence-corrected chi connectivity index (χ1v) is 10.0. The van der Waals surface area contributed by atoms with Gasteiger partial charge in [0.25, 0.3) is 0 Å². The van der Waals surface area contributed by atoms with Gasteiger partial charge in [-0.3, -0.25) is 9.39 Å². The topological polar surface area (TPSA) is 66.6 Å². The van der Waals surface area contributed by atoms with Crippen LogP contribution in [0.25, 0.3) is 5.65 Å². The number of hydrogen-bond donors (Lipinski definition) is 2. The van der Waals surface area contributed by atoms with Crippen LogP contribution in [0.5, 0.6) is 0 Å². The minimum absolute atomic E-state index is 0. The normalized spacial score (nSPS) is 11.4. The first-order chi connectivity index (χ1) is 11.8. The van der Waals surface area contributed by atoms with Crippen LogP contribution >= 0.6 is 35.7 Å². The van der Waals surface area contributed by atoms with Crippen LogP contribution in [0.15, 0.2) is 29.4 Å². The van der Waals surface area contributed by atoms with Gasteiger partial charge in [0.15, 0.2) is 11.6 Å². The monoisotopic (exact) mass is 476 g/mol. The lowest BCUT2D eigenvalue weighted by Crippen LogP contribution is -2.37. The van der Waals surface area contributed by atoms with Crippen molar-refractivity contribution in [2.75, 3.05) is 31.6 Å². The van der Waals surface area contributed by atoms with Gasteiger partial charge in [-0.15, -0.1) is 34.2 Å². The molecule has 0 unspecified atom stereocenters. The van der Waals surface area contributed by atoms with E-state index >= 15 is 0 Å². The Hall–Kier alpha value is -1.03. The Morgan fingerprint density at radius 2 is 2.08 bits per heavy atom. The predicted octanol–water partition coefficient (Wildman–Crippen LogP) is 2.98. The summed E-state index contributed by atoms with van der Waals surface area (Å²) < 4.78 is 2.04. The van der Waals surface area contributed by atoms with E-state index in [1.807, 2.05) is 40.6 Å². The third kappa shape index (κ3) is 7.81. The van der Waals surface area contributed by atoms with Crippen molar-refractivity contribution in [3.05, 3.63) is 30.2 Å². The van der Waals surface area contributed by atoms with Crippen molar-refractivity contribution in [3.63, 3.8) is 0 Å². The Balaban J connectivity index is 0.00000312. The lowest BCUT2D eigenvalue weighted by Gasteiger charge is -2.11. The van der Waals surface area contributed by atoms with Gasteiger partial charge >= 0.3 is 0 Å². The molecule has 0 saturated carbocycles. The van der Waals surface area contributed by atoms with Gasteiger partial charge in [-0.25, -0.2) is 0 Å². The quantitative estimate of drug-likeness (QED) is 0.239. The van der Waals surface area contributed by atoms with Crippen molar-refractivity contribution in [3.8, 4) is 0 Å². The molecule has 0 saturated heterocycles. The van der Waals surface area contributed by atoms with Crippen LogP contribution in [0.2, 0.25) is 0 Å². The number of fused-ring (bicyclic) bond motifs is 1. The van der Waals surface area contributed by atoms with E-state index in [0.717, 1.165) is 49.9 Å². The summed E-state index contributed by atoms with van der Waals surface area (Å²) >= 11 is 1.90. The summed E-state index contributed by atoms with van der Waals surface area (Å²) in [6.45, 7) is 4.72. The molecule has 2 rings (SSSR count). The zero-order valence-corrected chi connectivity index (χ0v) is 18.2. The molecule has 2 N–H and O–H groups in total. The van der Waals surface area contributed by atoms with Gasteiger partial charge in [0.2, 0.25) is 0 Å². The van der Waals surface area contributed by atoms with E-state index in [2.05, 4.69) is 39.0 Å². The molecule has 2 aromatic rings. The molecule has 140 valence electrons. The summed E-state index contributed by atoms with van der Waals surface area (Å²) in [6.07, 6.45) is 8.41. The third-order valence-electron chi connectivity index (χ3n) is 3.62. The highest BCUT2D eigenvalue weighted by atomic mass is 127. The number of unbranched alkanes of at least 4 members (excludes halogenated alkanes) is 1. The molecule has 0 aliphatic rings. The van der Waals surface area contributed by atoms with Gasteiger partial charge in [-0.1, -0.05) is 6.07 Å². The Morgan fingerprint density at radius 1 is 1.20 bits per heavy atom. The van der Waals surface area contributed by atoms with E-state index in [4.69, 9.17) is 0 Å². The van der Waals surface area contributed by atoms with Crippen LogP contribution in [0.1, 0.15) is 32.0 Å². The van der Waals surface area contributed by atoms with Crippen molar-refractivity contribution in [2.45, 2.75) is 32.6 Å².